The number of aromatic nitrogens is 1. The number of para-hydroxylation sites is 1. The van der Waals surface area contributed by atoms with E-state index in [0.717, 1.165) is 27.6 Å². The molecule has 6 heteroatoms. The molecule has 1 aliphatic heterocycles. The number of amides is 2. The first-order valence-corrected chi connectivity index (χ1v) is 12.2. The van der Waals surface area contributed by atoms with E-state index in [-0.39, 0.29) is 18.0 Å². The molecule has 2 aromatic carbocycles. The van der Waals surface area contributed by atoms with Crippen LogP contribution in [-0.4, -0.2) is 57.1 Å². The second-order valence-corrected chi connectivity index (χ2v) is 9.61. The summed E-state index contributed by atoms with van der Waals surface area (Å²) in [6, 6.07) is 18.2. The smallest absolute Gasteiger partial charge is 0.407 e. The lowest BCUT2D eigenvalue weighted by atomic mass is 9.87. The number of carbonyl (C=O) groups excluding carboxylic acids is 1. The minimum absolute atomic E-state index is 0.0253. The normalized spacial score (nSPS) is 14.0. The van der Waals surface area contributed by atoms with Crippen molar-refractivity contribution in [3.05, 3.63) is 83.1 Å². The largest absolute Gasteiger partial charge is 0.465 e. The fourth-order valence-electron chi connectivity index (χ4n) is 5.07. The lowest BCUT2D eigenvalue weighted by Crippen LogP contribution is -2.42. The van der Waals surface area contributed by atoms with E-state index >= 15 is 0 Å². The third kappa shape index (κ3) is 5.06. The lowest BCUT2D eigenvalue weighted by Gasteiger charge is -2.31. The first kappa shape index (κ1) is 24.5. The Labute approximate surface area is 206 Å². The van der Waals surface area contributed by atoms with Gasteiger partial charge < -0.3 is 14.9 Å². The number of piperidine rings is 1. The molecule has 2 amide bonds. The number of fused-ring (bicyclic) bond motifs is 1. The zero-order valence-corrected chi connectivity index (χ0v) is 20.9. The van der Waals surface area contributed by atoms with Crippen molar-refractivity contribution in [3.8, 4) is 0 Å². The Morgan fingerprint density at radius 2 is 1.49 bits per heavy atom. The van der Waals surface area contributed by atoms with Crippen LogP contribution in [0.5, 0.6) is 0 Å². The Morgan fingerprint density at radius 3 is 2.09 bits per heavy atom. The van der Waals surface area contributed by atoms with Crippen molar-refractivity contribution in [3.63, 3.8) is 0 Å². The van der Waals surface area contributed by atoms with E-state index in [1.807, 2.05) is 69.0 Å². The van der Waals surface area contributed by atoms with Crippen molar-refractivity contribution in [2.24, 2.45) is 0 Å². The van der Waals surface area contributed by atoms with Crippen LogP contribution in [0.3, 0.4) is 0 Å². The van der Waals surface area contributed by atoms with E-state index in [1.165, 1.54) is 10.5 Å². The molecule has 2 heterocycles. The minimum Gasteiger partial charge on any atom is -0.465 e. The molecule has 0 aliphatic carbocycles. The summed E-state index contributed by atoms with van der Waals surface area (Å²) >= 11 is 0. The highest BCUT2D eigenvalue weighted by Crippen LogP contribution is 2.35. The second kappa shape index (κ2) is 10.3. The molecule has 35 heavy (non-hydrogen) atoms. The Bertz CT molecular complexity index is 1240. The van der Waals surface area contributed by atoms with Gasteiger partial charge in [-0.05, 0) is 69.9 Å². The van der Waals surface area contributed by atoms with Gasteiger partial charge in [0.15, 0.2) is 0 Å². The predicted octanol–water partition coefficient (Wildman–Crippen LogP) is 6.07. The van der Waals surface area contributed by atoms with Crippen LogP contribution < -0.4 is 0 Å². The maximum Gasteiger partial charge on any atom is 0.407 e. The van der Waals surface area contributed by atoms with E-state index in [2.05, 4.69) is 23.2 Å². The van der Waals surface area contributed by atoms with Crippen LogP contribution in [0.1, 0.15) is 62.0 Å². The molecule has 182 valence electrons. The zero-order chi connectivity index (χ0) is 25.1. The number of hydrogen-bond donors (Lipinski definition) is 1. The summed E-state index contributed by atoms with van der Waals surface area (Å²) in [4.78, 5) is 32.7. The number of rotatable bonds is 5. The summed E-state index contributed by atoms with van der Waals surface area (Å²) in [6.07, 6.45) is 2.26. The molecule has 0 spiro atoms. The molecule has 6 nitrogen and oxygen atoms in total. The van der Waals surface area contributed by atoms with E-state index in [9.17, 15) is 14.7 Å². The van der Waals surface area contributed by atoms with Crippen molar-refractivity contribution >= 4 is 28.5 Å². The van der Waals surface area contributed by atoms with Gasteiger partial charge in [-0.15, -0.1) is 0 Å². The molecule has 0 radical (unpaired) electrons. The molecule has 1 aromatic heterocycles. The van der Waals surface area contributed by atoms with Gasteiger partial charge in [0.2, 0.25) is 0 Å². The number of nitrogens with zero attached hydrogens (tertiary/aromatic N) is 3. The van der Waals surface area contributed by atoms with Gasteiger partial charge >= 0.3 is 6.09 Å². The number of hydrogen-bond acceptors (Lipinski definition) is 3. The summed E-state index contributed by atoms with van der Waals surface area (Å²) in [5.74, 6) is 0.0253. The van der Waals surface area contributed by atoms with Crippen LogP contribution in [-0.2, 0) is 0 Å². The van der Waals surface area contributed by atoms with Crippen molar-refractivity contribution in [1.29, 1.82) is 0 Å². The van der Waals surface area contributed by atoms with Crippen LogP contribution in [0.25, 0.3) is 16.5 Å². The summed E-state index contributed by atoms with van der Waals surface area (Å²) < 4.78 is 0. The zero-order valence-electron chi connectivity index (χ0n) is 20.9. The molecule has 0 atom stereocenters. The number of benzene rings is 2. The van der Waals surface area contributed by atoms with Gasteiger partial charge in [0.05, 0.1) is 5.52 Å². The number of carboxylic acid groups (broad SMARTS) is 1. The average molecular weight is 472 g/mol. The fraction of sp³-hybridized carbons (Fsp3) is 0.345. The highest BCUT2D eigenvalue weighted by molar-refractivity contribution is 5.98. The summed E-state index contributed by atoms with van der Waals surface area (Å²) in [6.45, 7) is 9.08. The van der Waals surface area contributed by atoms with Crippen LogP contribution in [0.2, 0.25) is 0 Å². The maximum atomic E-state index is 13.2. The molecule has 1 saturated heterocycles. The first-order chi connectivity index (χ1) is 16.8. The van der Waals surface area contributed by atoms with Gasteiger partial charge in [-0.2, -0.15) is 0 Å². The molecule has 1 N–H and O–H groups in total. The predicted molar refractivity (Wildman–Crippen MR) is 139 cm³/mol. The highest BCUT2D eigenvalue weighted by Gasteiger charge is 2.24. The quantitative estimate of drug-likeness (QED) is 0.490. The summed E-state index contributed by atoms with van der Waals surface area (Å²) in [5, 5.41) is 10.5. The van der Waals surface area contributed by atoms with Crippen molar-refractivity contribution < 1.29 is 14.7 Å². The molecule has 3 aromatic rings. The second-order valence-electron chi connectivity index (χ2n) is 9.61. The molecule has 1 aliphatic rings. The summed E-state index contributed by atoms with van der Waals surface area (Å²) in [7, 11) is 0. The van der Waals surface area contributed by atoms with Crippen LogP contribution >= 0.6 is 0 Å². The summed E-state index contributed by atoms with van der Waals surface area (Å²) in [5.41, 5.74) is 5.93. The Balaban J connectivity index is 1.79. The first-order valence-electron chi connectivity index (χ1n) is 12.2. The van der Waals surface area contributed by atoms with Crippen LogP contribution in [0.4, 0.5) is 4.79 Å². The lowest BCUT2D eigenvalue weighted by molar-refractivity contribution is 0.0643. The Hall–Kier alpha value is -3.67. The van der Waals surface area contributed by atoms with E-state index in [0.29, 0.717) is 31.5 Å². The van der Waals surface area contributed by atoms with Crippen LogP contribution in [0.15, 0.2) is 66.4 Å². The van der Waals surface area contributed by atoms with Crippen LogP contribution in [0, 0.1) is 0 Å². The topological polar surface area (TPSA) is 73.7 Å². The molecule has 0 saturated carbocycles. The minimum atomic E-state index is -0.875. The Kier molecular flexibility index (Phi) is 7.20. The molecular weight excluding hydrogens is 438 g/mol. The van der Waals surface area contributed by atoms with E-state index < -0.39 is 6.09 Å². The standard InChI is InChI=1S/C29H33N3O3/c1-19(2)32(20(3)4)28(33)24-12-10-21(11-13-24)26(22-14-17-31(18-15-22)29(34)35)25-9-5-7-23-8-6-16-30-27(23)25/h5-13,16,19-20H,14-15,17-18H2,1-4H3,(H,34,35). The van der Waals surface area contributed by atoms with E-state index in [4.69, 9.17) is 0 Å². The number of likely N-dealkylation sites (tertiary alicyclic amines) is 1. The molecule has 0 bridgehead atoms. The van der Waals surface area contributed by atoms with Gasteiger partial charge in [-0.3, -0.25) is 9.78 Å². The molecule has 0 unspecified atom stereocenters. The monoisotopic (exact) mass is 471 g/mol. The van der Waals surface area contributed by atoms with Gasteiger partial charge in [-0.1, -0.05) is 42.0 Å². The highest BCUT2D eigenvalue weighted by atomic mass is 16.4. The maximum absolute atomic E-state index is 13.2. The SMILES string of the molecule is CC(C)N(C(=O)c1ccc(C(=C2CCN(C(=O)O)CC2)c2cccc3cccnc23)cc1)C(C)C. The average Bonchev–Trinajstić information content (AvgIpc) is 2.84. The van der Waals surface area contributed by atoms with E-state index in [1.54, 1.807) is 6.20 Å². The molecular formula is C29H33N3O3. The van der Waals surface area contributed by atoms with Gasteiger partial charge in [0.25, 0.3) is 5.91 Å². The number of carbonyl (C=O) groups is 2. The molecule has 1 fully saturated rings. The van der Waals surface area contributed by atoms with Gasteiger partial charge in [-0.25, -0.2) is 4.79 Å². The van der Waals surface area contributed by atoms with Crippen molar-refractivity contribution in [2.45, 2.75) is 52.6 Å². The Morgan fingerprint density at radius 1 is 0.886 bits per heavy atom. The van der Waals surface area contributed by atoms with Crippen molar-refractivity contribution in [2.75, 3.05) is 13.1 Å². The number of pyridine rings is 1. The molecule has 4 rings (SSSR count). The van der Waals surface area contributed by atoms with Gasteiger partial charge in [0, 0.05) is 47.9 Å². The third-order valence-corrected chi connectivity index (χ3v) is 6.66. The third-order valence-electron chi connectivity index (χ3n) is 6.66. The van der Waals surface area contributed by atoms with Crippen molar-refractivity contribution in [1.82, 2.24) is 14.8 Å². The fourth-order valence-corrected chi connectivity index (χ4v) is 5.07. The van der Waals surface area contributed by atoms with Gasteiger partial charge in [0.1, 0.15) is 0 Å².